The van der Waals surface area contributed by atoms with Crippen molar-refractivity contribution >= 4 is 23.8 Å². The third-order valence-corrected chi connectivity index (χ3v) is 5.85. The lowest BCUT2D eigenvalue weighted by Gasteiger charge is -2.30. The molecule has 1 unspecified atom stereocenters. The second-order valence-corrected chi connectivity index (χ2v) is 7.64. The molecule has 0 saturated heterocycles. The third kappa shape index (κ3) is 3.12. The number of aliphatic imine (C=N–C) groups is 1. The Bertz CT molecular complexity index is 1140. The monoisotopic (exact) mass is 395 g/mol. The Kier molecular flexibility index (Phi) is 4.71. The number of aryl methyl sites for hydroxylation is 1. The van der Waals surface area contributed by atoms with Gasteiger partial charge in [-0.15, -0.1) is 0 Å². The van der Waals surface area contributed by atoms with E-state index in [0.717, 1.165) is 19.3 Å². The van der Waals surface area contributed by atoms with E-state index in [4.69, 9.17) is 4.99 Å². The van der Waals surface area contributed by atoms with Crippen LogP contribution in [-0.4, -0.2) is 23.0 Å². The minimum atomic E-state index is -0.616. The average Bonchev–Trinajstić information content (AvgIpc) is 2.80. The van der Waals surface area contributed by atoms with Crippen LogP contribution in [0.4, 0.5) is 5.82 Å². The summed E-state index contributed by atoms with van der Waals surface area (Å²) in [6.45, 7) is 0. The van der Waals surface area contributed by atoms with Crippen molar-refractivity contribution in [3.63, 3.8) is 0 Å². The fourth-order valence-corrected chi connectivity index (χ4v) is 4.38. The summed E-state index contributed by atoms with van der Waals surface area (Å²) in [5.74, 6) is -0.939. The van der Waals surface area contributed by atoms with Gasteiger partial charge in [0.05, 0.1) is 12.0 Å². The maximum absolute atomic E-state index is 13.4. The normalized spacial score (nSPS) is 20.9. The van der Waals surface area contributed by atoms with E-state index in [1.807, 2.05) is 24.3 Å². The van der Waals surface area contributed by atoms with Crippen molar-refractivity contribution in [2.45, 2.75) is 31.2 Å². The topological polar surface area (TPSA) is 62.6 Å². The maximum Gasteiger partial charge on any atom is 0.266 e. The maximum atomic E-state index is 13.4. The van der Waals surface area contributed by atoms with Gasteiger partial charge in [0.1, 0.15) is 5.82 Å². The highest BCUT2D eigenvalue weighted by molar-refractivity contribution is 6.28. The standard InChI is InChI=1S/C25H21N3O2/c29-24-20-12-4-3-11-19(20)21(25(30)28(24)23-14-5-6-15-26-23)16-27-22-13-7-9-17-8-1-2-10-18(17)22/h1-6,8,10-12,14-16,21-22H,7,9,13H2/t21?,22-/m0/s1. The summed E-state index contributed by atoms with van der Waals surface area (Å²) in [6.07, 6.45) is 6.41. The number of hydrogen-bond donors (Lipinski definition) is 0. The Morgan fingerprint density at radius 3 is 2.53 bits per heavy atom. The van der Waals surface area contributed by atoms with Crippen LogP contribution in [0.1, 0.15) is 51.8 Å². The molecule has 0 spiro atoms. The lowest BCUT2D eigenvalue weighted by molar-refractivity contribution is -0.118. The molecule has 148 valence electrons. The van der Waals surface area contributed by atoms with Crippen LogP contribution in [0.15, 0.2) is 77.9 Å². The van der Waals surface area contributed by atoms with E-state index >= 15 is 0 Å². The van der Waals surface area contributed by atoms with Gasteiger partial charge in [0.25, 0.3) is 5.91 Å². The molecule has 0 fully saturated rings. The van der Waals surface area contributed by atoms with E-state index in [9.17, 15) is 9.59 Å². The van der Waals surface area contributed by atoms with Gasteiger partial charge < -0.3 is 0 Å². The van der Waals surface area contributed by atoms with E-state index in [-0.39, 0.29) is 17.9 Å². The minimum Gasteiger partial charge on any atom is -0.288 e. The van der Waals surface area contributed by atoms with E-state index in [0.29, 0.717) is 16.9 Å². The molecular weight excluding hydrogens is 374 g/mol. The highest BCUT2D eigenvalue weighted by atomic mass is 16.2. The molecule has 2 amide bonds. The zero-order chi connectivity index (χ0) is 20.5. The Balaban J connectivity index is 1.54. The number of benzene rings is 2. The molecule has 5 nitrogen and oxygen atoms in total. The first-order valence-corrected chi connectivity index (χ1v) is 10.2. The summed E-state index contributed by atoms with van der Waals surface area (Å²) in [5, 5.41) is 0. The minimum absolute atomic E-state index is 0.0378. The van der Waals surface area contributed by atoms with E-state index in [2.05, 4.69) is 23.2 Å². The molecule has 3 aromatic rings. The molecule has 1 aliphatic heterocycles. The number of rotatable bonds is 3. The SMILES string of the molecule is O=C1c2ccccc2C(C=N[C@H]2CCCc3ccccc32)C(=O)N1c1ccccn1. The largest absolute Gasteiger partial charge is 0.288 e. The second-order valence-electron chi connectivity index (χ2n) is 7.64. The van der Waals surface area contributed by atoms with Crippen LogP contribution in [0, 0.1) is 0 Å². The summed E-state index contributed by atoms with van der Waals surface area (Å²) in [5.41, 5.74) is 3.77. The number of fused-ring (bicyclic) bond motifs is 2. The number of carbonyl (C=O) groups is 2. The first-order valence-electron chi connectivity index (χ1n) is 10.2. The molecule has 0 saturated carbocycles. The van der Waals surface area contributed by atoms with Crippen LogP contribution in [0.25, 0.3) is 0 Å². The molecule has 2 heterocycles. The van der Waals surface area contributed by atoms with Gasteiger partial charge in [-0.1, -0.05) is 48.5 Å². The summed E-state index contributed by atoms with van der Waals surface area (Å²) in [6, 6.07) is 20.9. The van der Waals surface area contributed by atoms with Crippen LogP contribution in [-0.2, 0) is 11.2 Å². The zero-order valence-corrected chi connectivity index (χ0v) is 16.4. The van der Waals surface area contributed by atoms with Gasteiger partial charge in [-0.2, -0.15) is 0 Å². The Morgan fingerprint density at radius 2 is 1.70 bits per heavy atom. The summed E-state index contributed by atoms with van der Waals surface area (Å²) < 4.78 is 0. The average molecular weight is 395 g/mol. The smallest absolute Gasteiger partial charge is 0.266 e. The van der Waals surface area contributed by atoms with Crippen LogP contribution >= 0.6 is 0 Å². The first-order chi connectivity index (χ1) is 14.7. The van der Waals surface area contributed by atoms with Gasteiger partial charge in [-0.3, -0.25) is 14.6 Å². The third-order valence-electron chi connectivity index (χ3n) is 5.85. The van der Waals surface area contributed by atoms with Gasteiger partial charge in [0, 0.05) is 18.0 Å². The van der Waals surface area contributed by atoms with Crippen LogP contribution in [0.3, 0.4) is 0 Å². The molecule has 0 N–H and O–H groups in total. The number of imide groups is 1. The van der Waals surface area contributed by atoms with Crippen molar-refractivity contribution in [3.8, 4) is 0 Å². The fraction of sp³-hybridized carbons (Fsp3) is 0.200. The molecule has 2 aromatic carbocycles. The molecule has 0 bridgehead atoms. The lowest BCUT2D eigenvalue weighted by atomic mass is 9.87. The van der Waals surface area contributed by atoms with Crippen LogP contribution in [0.5, 0.6) is 0 Å². The van der Waals surface area contributed by atoms with Crippen molar-refractivity contribution < 1.29 is 9.59 Å². The number of aromatic nitrogens is 1. The van der Waals surface area contributed by atoms with Gasteiger partial charge >= 0.3 is 0 Å². The van der Waals surface area contributed by atoms with E-state index in [1.54, 1.807) is 36.7 Å². The quantitative estimate of drug-likeness (QED) is 0.484. The molecule has 2 aliphatic rings. The van der Waals surface area contributed by atoms with Crippen molar-refractivity contribution in [1.29, 1.82) is 0 Å². The predicted octanol–water partition coefficient (Wildman–Crippen LogP) is 4.50. The number of hydrogen-bond acceptors (Lipinski definition) is 4. The molecular formula is C25H21N3O2. The molecule has 1 aliphatic carbocycles. The molecule has 2 atom stereocenters. The molecule has 0 radical (unpaired) electrons. The Morgan fingerprint density at radius 1 is 0.933 bits per heavy atom. The van der Waals surface area contributed by atoms with Crippen molar-refractivity contribution in [2.24, 2.45) is 4.99 Å². The van der Waals surface area contributed by atoms with Gasteiger partial charge in [-0.05, 0) is 54.2 Å². The number of nitrogens with zero attached hydrogens (tertiary/aromatic N) is 3. The zero-order valence-electron chi connectivity index (χ0n) is 16.4. The Hall–Kier alpha value is -3.60. The Labute approximate surface area is 175 Å². The summed E-state index contributed by atoms with van der Waals surface area (Å²) in [4.78, 5) is 36.7. The predicted molar refractivity (Wildman–Crippen MR) is 116 cm³/mol. The van der Waals surface area contributed by atoms with Crippen molar-refractivity contribution in [1.82, 2.24) is 4.98 Å². The fourth-order valence-electron chi connectivity index (χ4n) is 4.38. The summed E-state index contributed by atoms with van der Waals surface area (Å²) >= 11 is 0. The van der Waals surface area contributed by atoms with Crippen LogP contribution in [0.2, 0.25) is 0 Å². The van der Waals surface area contributed by atoms with Gasteiger partial charge in [0.2, 0.25) is 5.91 Å². The molecule has 1 aromatic heterocycles. The number of carbonyl (C=O) groups excluding carboxylic acids is 2. The highest BCUT2D eigenvalue weighted by Gasteiger charge is 2.39. The van der Waals surface area contributed by atoms with Crippen molar-refractivity contribution in [3.05, 3.63) is 95.2 Å². The number of pyridine rings is 1. The second kappa shape index (κ2) is 7.67. The van der Waals surface area contributed by atoms with Crippen molar-refractivity contribution in [2.75, 3.05) is 4.90 Å². The lowest BCUT2D eigenvalue weighted by Crippen LogP contribution is -2.46. The number of amides is 2. The first kappa shape index (κ1) is 18.4. The van der Waals surface area contributed by atoms with Gasteiger partial charge in [-0.25, -0.2) is 9.88 Å². The number of anilines is 1. The molecule has 5 heteroatoms. The van der Waals surface area contributed by atoms with Crippen LogP contribution < -0.4 is 4.90 Å². The molecule has 30 heavy (non-hydrogen) atoms. The van der Waals surface area contributed by atoms with E-state index in [1.165, 1.54) is 16.0 Å². The highest BCUT2D eigenvalue weighted by Crippen LogP contribution is 2.35. The summed E-state index contributed by atoms with van der Waals surface area (Å²) in [7, 11) is 0. The van der Waals surface area contributed by atoms with E-state index < -0.39 is 5.92 Å². The van der Waals surface area contributed by atoms with Gasteiger partial charge in [0.15, 0.2) is 0 Å². The molecule has 5 rings (SSSR count).